The molecular formula is C10H9ClN4O4S. The molecule has 0 unspecified atom stereocenters. The van der Waals surface area contributed by atoms with E-state index in [1.54, 1.807) is 6.92 Å². The Hall–Kier alpha value is -2.13. The van der Waals surface area contributed by atoms with Gasteiger partial charge in [-0.25, -0.2) is 8.42 Å². The van der Waals surface area contributed by atoms with Gasteiger partial charge in [0.25, 0.3) is 15.7 Å². The number of H-pyrrole nitrogens is 1. The first kappa shape index (κ1) is 14.3. The number of aromatic amines is 1. The van der Waals surface area contributed by atoms with E-state index in [4.69, 9.17) is 11.6 Å². The third-order valence-electron chi connectivity index (χ3n) is 2.48. The maximum atomic E-state index is 12.2. The molecule has 106 valence electrons. The molecule has 1 aromatic carbocycles. The fraction of sp³-hybridized carbons (Fsp3) is 0.100. The lowest BCUT2D eigenvalue weighted by molar-refractivity contribution is -0.385. The van der Waals surface area contributed by atoms with Gasteiger partial charge in [0.2, 0.25) is 0 Å². The Morgan fingerprint density at radius 1 is 1.45 bits per heavy atom. The minimum absolute atomic E-state index is 0.111. The fourth-order valence-electron chi connectivity index (χ4n) is 1.45. The molecule has 0 amide bonds. The standard InChI is InChI=1S/C10H9ClN4O4S/c1-6-5-12-13-10(6)14-20(18,19)9-4-7(15(16)17)2-3-8(9)11/h2-5H,1H3,(H2,12,13,14). The molecule has 0 atom stereocenters. The quantitative estimate of drug-likeness (QED) is 0.661. The van der Waals surface area contributed by atoms with E-state index in [1.165, 1.54) is 6.20 Å². The van der Waals surface area contributed by atoms with Gasteiger partial charge in [-0.15, -0.1) is 0 Å². The summed E-state index contributed by atoms with van der Waals surface area (Å²) in [6.07, 6.45) is 1.44. The molecule has 8 nitrogen and oxygen atoms in total. The van der Waals surface area contributed by atoms with Crippen LogP contribution in [0.5, 0.6) is 0 Å². The monoisotopic (exact) mass is 316 g/mol. The zero-order valence-corrected chi connectivity index (χ0v) is 11.7. The number of sulfonamides is 1. The second-order valence-corrected chi connectivity index (χ2v) is 5.96. The normalized spacial score (nSPS) is 11.3. The van der Waals surface area contributed by atoms with Crippen LogP contribution in [0.4, 0.5) is 11.5 Å². The fourth-order valence-corrected chi connectivity index (χ4v) is 3.06. The summed E-state index contributed by atoms with van der Waals surface area (Å²) < 4.78 is 26.6. The second-order valence-electron chi connectivity index (χ2n) is 3.91. The zero-order valence-electron chi connectivity index (χ0n) is 10.1. The highest BCUT2D eigenvalue weighted by Crippen LogP contribution is 2.27. The minimum atomic E-state index is -4.05. The van der Waals surface area contributed by atoms with Gasteiger partial charge in [-0.3, -0.25) is 19.9 Å². The Labute approximate surface area is 119 Å². The van der Waals surface area contributed by atoms with Gasteiger partial charge < -0.3 is 0 Å². The van der Waals surface area contributed by atoms with Crippen molar-refractivity contribution in [3.05, 3.63) is 45.1 Å². The van der Waals surface area contributed by atoms with Crippen molar-refractivity contribution in [2.24, 2.45) is 0 Å². The van der Waals surface area contributed by atoms with Crippen molar-refractivity contribution in [3.8, 4) is 0 Å². The van der Waals surface area contributed by atoms with E-state index in [1.807, 2.05) is 0 Å². The lowest BCUT2D eigenvalue weighted by atomic mass is 10.3. The number of aryl methyl sites for hydroxylation is 1. The van der Waals surface area contributed by atoms with Crippen LogP contribution in [0.15, 0.2) is 29.3 Å². The van der Waals surface area contributed by atoms with Gasteiger partial charge >= 0.3 is 0 Å². The van der Waals surface area contributed by atoms with Crippen molar-refractivity contribution in [2.75, 3.05) is 4.72 Å². The number of nitrogens with zero attached hydrogens (tertiary/aromatic N) is 2. The van der Waals surface area contributed by atoms with E-state index in [0.717, 1.165) is 18.2 Å². The summed E-state index contributed by atoms with van der Waals surface area (Å²) in [5.41, 5.74) is 0.214. The van der Waals surface area contributed by atoms with Crippen LogP contribution in [0.25, 0.3) is 0 Å². The number of hydrogen-bond acceptors (Lipinski definition) is 5. The predicted octanol–water partition coefficient (Wildman–Crippen LogP) is 2.08. The molecule has 20 heavy (non-hydrogen) atoms. The number of anilines is 1. The Morgan fingerprint density at radius 3 is 2.70 bits per heavy atom. The number of nitro groups is 1. The van der Waals surface area contributed by atoms with Crippen LogP contribution < -0.4 is 4.72 Å². The average Bonchev–Trinajstić information content (AvgIpc) is 2.74. The Morgan fingerprint density at radius 2 is 2.15 bits per heavy atom. The number of hydrogen-bond donors (Lipinski definition) is 2. The molecule has 2 aromatic rings. The van der Waals surface area contributed by atoms with Gasteiger partial charge in [0.1, 0.15) is 10.7 Å². The number of benzene rings is 1. The van der Waals surface area contributed by atoms with Crippen LogP contribution in [-0.2, 0) is 10.0 Å². The number of non-ortho nitro benzene ring substituents is 1. The van der Waals surface area contributed by atoms with Crippen LogP contribution >= 0.6 is 11.6 Å². The van der Waals surface area contributed by atoms with Gasteiger partial charge in [0, 0.05) is 17.7 Å². The van der Waals surface area contributed by atoms with Crippen molar-refractivity contribution in [1.82, 2.24) is 10.2 Å². The summed E-state index contributed by atoms with van der Waals surface area (Å²) in [5, 5.41) is 16.7. The van der Waals surface area contributed by atoms with Gasteiger partial charge in [-0.05, 0) is 13.0 Å². The molecule has 0 fully saturated rings. The highest BCUT2D eigenvalue weighted by molar-refractivity contribution is 7.92. The maximum absolute atomic E-state index is 12.2. The van der Waals surface area contributed by atoms with Crippen molar-refractivity contribution >= 4 is 33.1 Å². The summed E-state index contributed by atoms with van der Waals surface area (Å²) in [4.78, 5) is 9.62. The van der Waals surface area contributed by atoms with Crippen LogP contribution in [0, 0.1) is 17.0 Å². The Balaban J connectivity index is 2.46. The summed E-state index contributed by atoms with van der Waals surface area (Å²) in [5.74, 6) is 0.174. The topological polar surface area (TPSA) is 118 Å². The molecule has 1 heterocycles. The highest BCUT2D eigenvalue weighted by Gasteiger charge is 2.22. The third kappa shape index (κ3) is 2.73. The molecule has 0 aliphatic carbocycles. The van der Waals surface area contributed by atoms with Crippen LogP contribution in [0.3, 0.4) is 0 Å². The molecule has 10 heteroatoms. The van der Waals surface area contributed by atoms with Crippen LogP contribution in [0.2, 0.25) is 5.02 Å². The SMILES string of the molecule is Cc1cn[nH]c1NS(=O)(=O)c1cc([N+](=O)[O-])ccc1Cl. The smallest absolute Gasteiger partial charge is 0.263 e. The minimum Gasteiger partial charge on any atom is -0.263 e. The summed E-state index contributed by atoms with van der Waals surface area (Å²) in [7, 11) is -4.05. The van der Waals surface area contributed by atoms with E-state index in [2.05, 4.69) is 14.9 Å². The first-order valence-electron chi connectivity index (χ1n) is 5.28. The van der Waals surface area contributed by atoms with Crippen molar-refractivity contribution < 1.29 is 13.3 Å². The Kier molecular flexibility index (Phi) is 3.64. The number of rotatable bonds is 4. The molecule has 0 spiro atoms. The van der Waals surface area contributed by atoms with Gasteiger partial charge in [-0.2, -0.15) is 5.10 Å². The van der Waals surface area contributed by atoms with Gasteiger partial charge in [0.05, 0.1) is 16.1 Å². The number of nitrogens with one attached hydrogen (secondary N) is 2. The number of nitro benzene ring substituents is 1. The number of halogens is 1. The predicted molar refractivity (Wildman–Crippen MR) is 72.2 cm³/mol. The molecule has 2 N–H and O–H groups in total. The Bertz CT molecular complexity index is 771. The van der Waals surface area contributed by atoms with E-state index in [-0.39, 0.29) is 21.4 Å². The van der Waals surface area contributed by atoms with E-state index in [0.29, 0.717) is 5.56 Å². The second kappa shape index (κ2) is 5.10. The average molecular weight is 317 g/mol. The molecule has 0 radical (unpaired) electrons. The molecular weight excluding hydrogens is 308 g/mol. The summed E-state index contributed by atoms with van der Waals surface area (Å²) in [6, 6.07) is 3.19. The molecule has 1 aromatic heterocycles. The van der Waals surface area contributed by atoms with Crippen LogP contribution in [-0.4, -0.2) is 23.5 Å². The first-order valence-corrected chi connectivity index (χ1v) is 7.14. The largest absolute Gasteiger partial charge is 0.270 e. The van der Waals surface area contributed by atoms with E-state index < -0.39 is 14.9 Å². The van der Waals surface area contributed by atoms with E-state index in [9.17, 15) is 18.5 Å². The molecule has 0 aliphatic rings. The maximum Gasteiger partial charge on any atom is 0.270 e. The van der Waals surface area contributed by atoms with Gasteiger partial charge in [-0.1, -0.05) is 11.6 Å². The summed E-state index contributed by atoms with van der Waals surface area (Å²) in [6.45, 7) is 1.65. The van der Waals surface area contributed by atoms with Crippen molar-refractivity contribution in [3.63, 3.8) is 0 Å². The number of aromatic nitrogens is 2. The van der Waals surface area contributed by atoms with Crippen molar-refractivity contribution in [1.29, 1.82) is 0 Å². The zero-order chi connectivity index (χ0) is 14.9. The molecule has 2 rings (SSSR count). The molecule has 0 saturated heterocycles. The lowest BCUT2D eigenvalue weighted by Crippen LogP contribution is -2.14. The van der Waals surface area contributed by atoms with Crippen molar-refractivity contribution in [2.45, 2.75) is 11.8 Å². The van der Waals surface area contributed by atoms with E-state index >= 15 is 0 Å². The van der Waals surface area contributed by atoms with Gasteiger partial charge in [0.15, 0.2) is 0 Å². The highest BCUT2D eigenvalue weighted by atomic mass is 35.5. The molecule has 0 aliphatic heterocycles. The molecule has 0 saturated carbocycles. The summed E-state index contributed by atoms with van der Waals surface area (Å²) >= 11 is 5.80. The lowest BCUT2D eigenvalue weighted by Gasteiger charge is -2.08. The third-order valence-corrected chi connectivity index (χ3v) is 4.31. The molecule has 0 bridgehead atoms. The first-order chi connectivity index (χ1) is 9.31. The van der Waals surface area contributed by atoms with Crippen LogP contribution in [0.1, 0.15) is 5.56 Å².